The molecule has 2 aromatic rings. The zero-order valence-corrected chi connectivity index (χ0v) is 14.8. The van der Waals surface area contributed by atoms with Crippen LogP contribution in [0.3, 0.4) is 0 Å². The second-order valence-electron chi connectivity index (χ2n) is 6.67. The molecule has 0 saturated carbocycles. The summed E-state index contributed by atoms with van der Waals surface area (Å²) in [5.74, 6) is 1.93. The highest BCUT2D eigenvalue weighted by Gasteiger charge is 2.44. The zero-order valence-electron chi connectivity index (χ0n) is 14.8. The van der Waals surface area contributed by atoms with Gasteiger partial charge in [-0.3, -0.25) is 9.48 Å². The van der Waals surface area contributed by atoms with Gasteiger partial charge in [-0.1, -0.05) is 0 Å². The van der Waals surface area contributed by atoms with Gasteiger partial charge in [0.2, 0.25) is 5.88 Å². The number of carbonyl (C=O) groups is 1. The molecule has 0 radical (unpaired) electrons. The third-order valence-corrected chi connectivity index (χ3v) is 5.18. The smallest absolute Gasteiger partial charge is 0.269 e. The molecule has 1 N–H and O–H groups in total. The fourth-order valence-electron chi connectivity index (χ4n) is 3.72. The van der Waals surface area contributed by atoms with E-state index in [1.54, 1.807) is 31.1 Å². The Hall–Kier alpha value is -2.68. The number of carbonyl (C=O) groups excluding carboxylic acids is 1. The van der Waals surface area contributed by atoms with Gasteiger partial charge in [0.1, 0.15) is 17.8 Å². The van der Waals surface area contributed by atoms with E-state index in [1.807, 2.05) is 6.07 Å². The first kappa shape index (κ1) is 16.8. The van der Waals surface area contributed by atoms with Crippen LogP contribution in [0, 0.1) is 11.8 Å². The molecule has 0 bridgehead atoms. The fourth-order valence-corrected chi connectivity index (χ4v) is 3.72. The van der Waals surface area contributed by atoms with Gasteiger partial charge in [-0.2, -0.15) is 5.10 Å². The fraction of sp³-hybridized carbons (Fsp3) is 0.529. The highest BCUT2D eigenvalue weighted by atomic mass is 16.5. The summed E-state index contributed by atoms with van der Waals surface area (Å²) < 4.78 is 12.7. The number of aromatic nitrogens is 4. The van der Waals surface area contributed by atoms with E-state index >= 15 is 0 Å². The maximum absolute atomic E-state index is 12.3. The molecular weight excluding hydrogens is 336 g/mol. The second kappa shape index (κ2) is 6.91. The molecule has 4 heterocycles. The van der Waals surface area contributed by atoms with E-state index in [9.17, 15) is 4.79 Å². The van der Waals surface area contributed by atoms with E-state index < -0.39 is 0 Å². The minimum absolute atomic E-state index is 0.108. The summed E-state index contributed by atoms with van der Waals surface area (Å²) in [5.41, 5.74) is 0.557. The van der Waals surface area contributed by atoms with Crippen molar-refractivity contribution in [1.82, 2.24) is 25.1 Å². The Balaban J connectivity index is 1.37. The highest BCUT2D eigenvalue weighted by Crippen LogP contribution is 2.35. The van der Waals surface area contributed by atoms with Gasteiger partial charge < -0.3 is 19.7 Å². The topological polar surface area (TPSA) is 94.4 Å². The molecule has 9 nitrogen and oxygen atoms in total. The SMILES string of the molecule is COc1cc(N2C[C@H]3[C@H](CNC(=O)c4ccnn4C)CO[C@H]3C2)ncn1. The average Bonchev–Trinajstić information content (AvgIpc) is 3.35. The van der Waals surface area contributed by atoms with Crippen molar-refractivity contribution in [3.63, 3.8) is 0 Å². The summed E-state index contributed by atoms with van der Waals surface area (Å²) in [6.45, 7) is 2.89. The monoisotopic (exact) mass is 358 g/mol. The van der Waals surface area contributed by atoms with Crippen molar-refractivity contribution in [2.24, 2.45) is 18.9 Å². The molecule has 3 atom stereocenters. The van der Waals surface area contributed by atoms with Crippen LogP contribution in [0.2, 0.25) is 0 Å². The van der Waals surface area contributed by atoms with Crippen LogP contribution in [-0.2, 0) is 11.8 Å². The predicted octanol–water partition coefficient (Wildman–Crippen LogP) is 0.0999. The molecule has 2 aliphatic rings. The number of amides is 1. The van der Waals surface area contributed by atoms with Crippen molar-refractivity contribution in [1.29, 1.82) is 0 Å². The first-order valence-electron chi connectivity index (χ1n) is 8.64. The molecule has 4 rings (SSSR count). The van der Waals surface area contributed by atoms with Crippen molar-refractivity contribution >= 4 is 11.7 Å². The normalized spacial score (nSPS) is 24.5. The Labute approximate surface area is 151 Å². The van der Waals surface area contributed by atoms with Crippen molar-refractivity contribution in [3.05, 3.63) is 30.4 Å². The zero-order chi connectivity index (χ0) is 18.1. The van der Waals surface area contributed by atoms with Gasteiger partial charge in [0.25, 0.3) is 5.91 Å². The van der Waals surface area contributed by atoms with Gasteiger partial charge in [-0.05, 0) is 6.07 Å². The number of hydrogen-bond acceptors (Lipinski definition) is 7. The minimum Gasteiger partial charge on any atom is -0.481 e. The third-order valence-electron chi connectivity index (χ3n) is 5.18. The van der Waals surface area contributed by atoms with Crippen LogP contribution >= 0.6 is 0 Å². The van der Waals surface area contributed by atoms with Crippen LogP contribution in [0.25, 0.3) is 0 Å². The Morgan fingerprint density at radius 1 is 1.42 bits per heavy atom. The lowest BCUT2D eigenvalue weighted by Gasteiger charge is -2.21. The van der Waals surface area contributed by atoms with E-state index in [0.29, 0.717) is 30.6 Å². The molecule has 2 aromatic heterocycles. The number of nitrogens with one attached hydrogen (secondary N) is 1. The Morgan fingerprint density at radius 2 is 2.31 bits per heavy atom. The lowest BCUT2D eigenvalue weighted by atomic mass is 9.93. The van der Waals surface area contributed by atoms with Crippen LogP contribution in [0.5, 0.6) is 5.88 Å². The number of methoxy groups -OCH3 is 1. The number of anilines is 1. The largest absolute Gasteiger partial charge is 0.481 e. The van der Waals surface area contributed by atoms with Crippen molar-refractivity contribution in [3.8, 4) is 5.88 Å². The van der Waals surface area contributed by atoms with Gasteiger partial charge in [-0.15, -0.1) is 0 Å². The maximum Gasteiger partial charge on any atom is 0.269 e. The highest BCUT2D eigenvalue weighted by molar-refractivity contribution is 5.92. The first-order chi connectivity index (χ1) is 12.7. The molecule has 9 heteroatoms. The summed E-state index contributed by atoms with van der Waals surface area (Å²) in [7, 11) is 3.35. The molecule has 0 aliphatic carbocycles. The van der Waals surface area contributed by atoms with Crippen LogP contribution < -0.4 is 15.0 Å². The maximum atomic E-state index is 12.3. The molecule has 0 unspecified atom stereocenters. The molecule has 0 aromatic carbocycles. The van der Waals surface area contributed by atoms with Crippen molar-refractivity contribution in [2.45, 2.75) is 6.10 Å². The van der Waals surface area contributed by atoms with Gasteiger partial charge in [0.15, 0.2) is 0 Å². The number of aryl methyl sites for hydroxylation is 1. The van der Waals surface area contributed by atoms with Crippen LogP contribution in [0.4, 0.5) is 5.82 Å². The number of rotatable bonds is 5. The molecular formula is C17H22N6O3. The number of nitrogens with zero attached hydrogens (tertiary/aromatic N) is 5. The van der Waals surface area contributed by atoms with E-state index in [-0.39, 0.29) is 17.9 Å². The van der Waals surface area contributed by atoms with Gasteiger partial charge in [0, 0.05) is 50.8 Å². The van der Waals surface area contributed by atoms with Gasteiger partial charge >= 0.3 is 0 Å². The number of hydrogen-bond donors (Lipinski definition) is 1. The summed E-state index contributed by atoms with van der Waals surface area (Å²) in [6, 6.07) is 3.54. The van der Waals surface area contributed by atoms with Gasteiger partial charge in [-0.25, -0.2) is 9.97 Å². The Bertz CT molecular complexity index is 794. The minimum atomic E-state index is -0.108. The summed E-state index contributed by atoms with van der Waals surface area (Å²) >= 11 is 0. The summed E-state index contributed by atoms with van der Waals surface area (Å²) in [5, 5.41) is 7.04. The number of fused-ring (bicyclic) bond motifs is 1. The molecule has 26 heavy (non-hydrogen) atoms. The summed E-state index contributed by atoms with van der Waals surface area (Å²) in [6.07, 6.45) is 3.29. The van der Waals surface area contributed by atoms with Crippen molar-refractivity contribution < 1.29 is 14.3 Å². The molecule has 138 valence electrons. The summed E-state index contributed by atoms with van der Waals surface area (Å²) in [4.78, 5) is 22.9. The van der Waals surface area contributed by atoms with Crippen molar-refractivity contribution in [2.75, 3.05) is 38.3 Å². The molecule has 2 saturated heterocycles. The number of ether oxygens (including phenoxy) is 2. The Kier molecular flexibility index (Phi) is 4.46. The van der Waals surface area contributed by atoms with Crippen LogP contribution in [0.1, 0.15) is 10.5 Å². The van der Waals surface area contributed by atoms with E-state index in [2.05, 4.69) is 25.3 Å². The predicted molar refractivity (Wildman–Crippen MR) is 93.1 cm³/mol. The van der Waals surface area contributed by atoms with E-state index in [4.69, 9.17) is 9.47 Å². The third kappa shape index (κ3) is 3.10. The van der Waals surface area contributed by atoms with Gasteiger partial charge in [0.05, 0.1) is 19.8 Å². The molecule has 2 aliphatic heterocycles. The first-order valence-corrected chi connectivity index (χ1v) is 8.64. The van der Waals surface area contributed by atoms with E-state index in [1.165, 1.54) is 6.33 Å². The lowest BCUT2D eigenvalue weighted by Crippen LogP contribution is -2.35. The van der Waals surface area contributed by atoms with Crippen LogP contribution in [-0.4, -0.2) is 65.1 Å². The Morgan fingerprint density at radius 3 is 3.08 bits per heavy atom. The second-order valence-corrected chi connectivity index (χ2v) is 6.67. The molecule has 2 fully saturated rings. The van der Waals surface area contributed by atoms with Crippen LogP contribution in [0.15, 0.2) is 24.7 Å². The standard InChI is InChI=1S/C17H22N6O3/c1-22-13(3-4-21-22)17(24)18-6-11-9-26-14-8-23(7-12(11)14)15-5-16(25-2)20-10-19-15/h3-5,10-12,14H,6-9H2,1-2H3,(H,18,24)/t11-,12+,14+/m1/s1. The van der Waals surface area contributed by atoms with E-state index in [0.717, 1.165) is 18.9 Å². The average molecular weight is 358 g/mol. The molecule has 1 amide bonds. The lowest BCUT2D eigenvalue weighted by molar-refractivity contribution is 0.0930. The quantitative estimate of drug-likeness (QED) is 0.810. The molecule has 0 spiro atoms.